The van der Waals surface area contributed by atoms with Crippen LogP contribution in [0.3, 0.4) is 0 Å². The Morgan fingerprint density at radius 1 is 1.37 bits per heavy atom. The molecule has 1 aromatic rings. The predicted octanol–water partition coefficient (Wildman–Crippen LogP) is 2.14. The van der Waals surface area contributed by atoms with E-state index in [0.717, 1.165) is 29.9 Å². The number of carbonyl (C=O) groups excluding carboxylic acids is 1. The van der Waals surface area contributed by atoms with E-state index >= 15 is 0 Å². The van der Waals surface area contributed by atoms with Gasteiger partial charge in [0.05, 0.1) is 12.0 Å². The second-order valence-corrected chi connectivity index (χ2v) is 8.08. The van der Waals surface area contributed by atoms with Gasteiger partial charge < -0.3 is 25.3 Å². The van der Waals surface area contributed by atoms with Crippen molar-refractivity contribution in [1.82, 2.24) is 5.32 Å². The third-order valence-corrected chi connectivity index (χ3v) is 6.16. The van der Waals surface area contributed by atoms with Crippen LogP contribution in [0.5, 0.6) is 11.5 Å². The Balaban J connectivity index is 1.48. The molecule has 3 N–H and O–H groups in total. The maximum Gasteiger partial charge on any atom is 0.227 e. The monoisotopic (exact) mass is 374 g/mol. The summed E-state index contributed by atoms with van der Waals surface area (Å²) in [7, 11) is 0. The van der Waals surface area contributed by atoms with Crippen molar-refractivity contribution in [2.24, 2.45) is 11.1 Å². The molecule has 2 aliphatic heterocycles. The van der Waals surface area contributed by atoms with Crippen molar-refractivity contribution in [2.45, 2.75) is 57.6 Å². The van der Waals surface area contributed by atoms with Crippen molar-refractivity contribution in [3.05, 3.63) is 23.3 Å². The first kappa shape index (κ1) is 18.6. The molecule has 6 nitrogen and oxygen atoms in total. The van der Waals surface area contributed by atoms with Crippen LogP contribution in [-0.2, 0) is 16.0 Å². The summed E-state index contributed by atoms with van der Waals surface area (Å²) >= 11 is 0. The van der Waals surface area contributed by atoms with Crippen molar-refractivity contribution in [1.29, 1.82) is 0 Å². The Morgan fingerprint density at radius 2 is 2.15 bits per heavy atom. The smallest absolute Gasteiger partial charge is 0.227 e. The molecule has 1 saturated heterocycles. The van der Waals surface area contributed by atoms with Gasteiger partial charge in [0, 0.05) is 49.3 Å². The minimum atomic E-state index is -0.482. The summed E-state index contributed by atoms with van der Waals surface area (Å²) in [6.07, 6.45) is 3.44. The molecule has 1 amide bonds. The Morgan fingerprint density at radius 3 is 2.85 bits per heavy atom. The summed E-state index contributed by atoms with van der Waals surface area (Å²) in [6.45, 7) is 6.29. The molecule has 2 fully saturated rings. The highest BCUT2D eigenvalue weighted by atomic mass is 16.5. The summed E-state index contributed by atoms with van der Waals surface area (Å²) < 4.78 is 17.3. The van der Waals surface area contributed by atoms with Crippen LogP contribution in [0.2, 0.25) is 0 Å². The van der Waals surface area contributed by atoms with E-state index in [1.807, 2.05) is 6.92 Å². The molecular weight excluding hydrogens is 344 g/mol. The summed E-state index contributed by atoms with van der Waals surface area (Å²) in [4.78, 5) is 12.9. The van der Waals surface area contributed by atoms with E-state index in [4.69, 9.17) is 19.9 Å². The van der Waals surface area contributed by atoms with Crippen LogP contribution in [0.1, 0.15) is 50.2 Å². The van der Waals surface area contributed by atoms with Crippen molar-refractivity contribution in [3.63, 3.8) is 0 Å². The van der Waals surface area contributed by atoms with Crippen LogP contribution < -0.4 is 20.5 Å². The van der Waals surface area contributed by atoms with Crippen LogP contribution in [0, 0.1) is 5.41 Å². The molecule has 3 atom stereocenters. The van der Waals surface area contributed by atoms with Crippen molar-refractivity contribution >= 4 is 5.91 Å². The van der Waals surface area contributed by atoms with Crippen LogP contribution >= 0.6 is 0 Å². The van der Waals surface area contributed by atoms with Crippen molar-refractivity contribution in [3.8, 4) is 11.5 Å². The molecule has 4 rings (SSSR count). The quantitative estimate of drug-likeness (QED) is 0.797. The average Bonchev–Trinajstić information content (AvgIpc) is 3.33. The maximum absolute atomic E-state index is 12.9. The van der Waals surface area contributed by atoms with Crippen LogP contribution in [0.25, 0.3) is 0 Å². The Bertz CT molecular complexity index is 714. The number of carbonyl (C=O) groups is 1. The van der Waals surface area contributed by atoms with Gasteiger partial charge in [0.15, 0.2) is 0 Å². The van der Waals surface area contributed by atoms with Gasteiger partial charge in [-0.05, 0) is 45.2 Å². The fourth-order valence-electron chi connectivity index (χ4n) is 4.33. The first-order valence-electron chi connectivity index (χ1n) is 10.1. The molecule has 3 unspecified atom stereocenters. The third kappa shape index (κ3) is 3.52. The lowest BCUT2D eigenvalue weighted by atomic mass is 9.79. The number of nitrogens with two attached hydrogens (primary N) is 1. The van der Waals surface area contributed by atoms with Gasteiger partial charge in [0.25, 0.3) is 0 Å². The van der Waals surface area contributed by atoms with E-state index in [-0.39, 0.29) is 24.0 Å². The molecule has 0 radical (unpaired) electrons. The molecule has 1 aromatic carbocycles. The fraction of sp³-hybridized carbons (Fsp3) is 0.667. The van der Waals surface area contributed by atoms with E-state index in [0.29, 0.717) is 39.2 Å². The lowest BCUT2D eigenvalue weighted by Gasteiger charge is -2.34. The highest BCUT2D eigenvalue weighted by molar-refractivity contribution is 5.84. The molecule has 6 heteroatoms. The third-order valence-electron chi connectivity index (χ3n) is 6.16. The van der Waals surface area contributed by atoms with E-state index in [1.54, 1.807) is 0 Å². The topological polar surface area (TPSA) is 82.8 Å². The minimum Gasteiger partial charge on any atom is -0.494 e. The van der Waals surface area contributed by atoms with Gasteiger partial charge in [0.1, 0.15) is 17.6 Å². The van der Waals surface area contributed by atoms with Crippen molar-refractivity contribution < 1.29 is 19.0 Å². The summed E-state index contributed by atoms with van der Waals surface area (Å²) in [5.41, 5.74) is 7.84. The summed E-state index contributed by atoms with van der Waals surface area (Å²) in [6, 6.07) is 4.38. The van der Waals surface area contributed by atoms with Crippen LogP contribution in [0.15, 0.2) is 12.1 Å². The minimum absolute atomic E-state index is 0.0739. The van der Waals surface area contributed by atoms with Gasteiger partial charge in [-0.25, -0.2) is 0 Å². The van der Waals surface area contributed by atoms with Gasteiger partial charge in [-0.3, -0.25) is 4.79 Å². The maximum atomic E-state index is 12.9. The second-order valence-electron chi connectivity index (χ2n) is 8.08. The van der Waals surface area contributed by atoms with E-state index in [1.165, 1.54) is 5.56 Å². The van der Waals surface area contributed by atoms with Gasteiger partial charge in [-0.1, -0.05) is 0 Å². The first-order chi connectivity index (χ1) is 13.1. The number of benzene rings is 1. The first-order valence-corrected chi connectivity index (χ1v) is 10.1. The number of amides is 1. The number of rotatable bonds is 6. The zero-order valence-corrected chi connectivity index (χ0v) is 16.3. The summed E-state index contributed by atoms with van der Waals surface area (Å²) in [5, 5.41) is 3.24. The molecule has 0 spiro atoms. The normalized spacial score (nSPS) is 28.2. The Hall–Kier alpha value is -1.79. The molecule has 148 valence electrons. The van der Waals surface area contributed by atoms with Gasteiger partial charge in [0.2, 0.25) is 5.91 Å². The lowest BCUT2D eigenvalue weighted by Crippen LogP contribution is -2.49. The zero-order chi connectivity index (χ0) is 19.0. The number of ether oxygens (including phenoxy) is 3. The standard InChI is InChI=1S/C21H30N2O4/c1-3-26-19-9-14-8-13(2)27-18(14)11-16(19)15-10-17(15)23-20(24)21(12-22)4-6-25-7-5-21/h9,11,13,15,17H,3-8,10,12,22H2,1-2H3,(H,23,24). The van der Waals surface area contributed by atoms with E-state index in [2.05, 4.69) is 24.4 Å². The predicted molar refractivity (Wildman–Crippen MR) is 102 cm³/mol. The van der Waals surface area contributed by atoms with Crippen LogP contribution in [0.4, 0.5) is 0 Å². The molecule has 0 aromatic heterocycles. The van der Waals surface area contributed by atoms with Gasteiger partial charge >= 0.3 is 0 Å². The molecule has 2 heterocycles. The Kier molecular flexibility index (Phi) is 5.03. The number of fused-ring (bicyclic) bond motifs is 1. The molecular formula is C21H30N2O4. The highest BCUT2D eigenvalue weighted by Gasteiger charge is 2.46. The lowest BCUT2D eigenvalue weighted by molar-refractivity contribution is -0.136. The zero-order valence-electron chi connectivity index (χ0n) is 16.3. The number of hydrogen-bond donors (Lipinski definition) is 2. The largest absolute Gasteiger partial charge is 0.494 e. The Labute approximate surface area is 160 Å². The number of hydrogen-bond acceptors (Lipinski definition) is 5. The molecule has 1 saturated carbocycles. The van der Waals surface area contributed by atoms with E-state index in [9.17, 15) is 4.79 Å². The molecule has 1 aliphatic carbocycles. The van der Waals surface area contributed by atoms with Crippen molar-refractivity contribution in [2.75, 3.05) is 26.4 Å². The fourth-order valence-corrected chi connectivity index (χ4v) is 4.33. The SMILES string of the molecule is CCOc1cc2c(cc1C1CC1NC(=O)C1(CN)CCOCC1)OC(C)C2. The molecule has 3 aliphatic rings. The molecule has 0 bridgehead atoms. The van der Waals surface area contributed by atoms with Gasteiger partial charge in [-0.15, -0.1) is 0 Å². The van der Waals surface area contributed by atoms with E-state index < -0.39 is 5.41 Å². The van der Waals surface area contributed by atoms with Crippen LogP contribution in [-0.4, -0.2) is 44.4 Å². The number of nitrogens with one attached hydrogen (secondary N) is 1. The van der Waals surface area contributed by atoms with Gasteiger partial charge in [-0.2, -0.15) is 0 Å². The highest BCUT2D eigenvalue weighted by Crippen LogP contribution is 2.48. The molecule has 27 heavy (non-hydrogen) atoms. The second kappa shape index (κ2) is 7.32. The summed E-state index contributed by atoms with van der Waals surface area (Å²) in [5.74, 6) is 2.23. The average molecular weight is 374 g/mol.